The number of H-pyrrole nitrogens is 1. The normalized spacial score (nSPS) is 11.1. The molecule has 0 aliphatic carbocycles. The van der Waals surface area contributed by atoms with E-state index in [-0.39, 0.29) is 17.1 Å². The highest BCUT2D eigenvalue weighted by Crippen LogP contribution is 2.31. The number of hydrogen-bond donors (Lipinski definition) is 2. The molecular weight excluding hydrogens is 422 g/mol. The van der Waals surface area contributed by atoms with Gasteiger partial charge >= 0.3 is 0 Å². The van der Waals surface area contributed by atoms with Crippen LogP contribution in [0.1, 0.15) is 15.9 Å². The van der Waals surface area contributed by atoms with Crippen molar-refractivity contribution >= 4 is 34.2 Å². The van der Waals surface area contributed by atoms with Gasteiger partial charge in [-0.3, -0.25) is 4.79 Å². The number of nitrogens with one attached hydrogen (secondary N) is 2. The van der Waals surface area contributed by atoms with Crippen LogP contribution in [0.5, 0.6) is 0 Å². The molecule has 0 spiro atoms. The molecule has 0 unspecified atom stereocenters. The van der Waals surface area contributed by atoms with Crippen molar-refractivity contribution < 1.29 is 22.4 Å². The number of fused-ring (bicyclic) bond motifs is 1. The lowest BCUT2D eigenvalue weighted by molar-refractivity contribution is 0.102. The van der Waals surface area contributed by atoms with Crippen LogP contribution in [0.25, 0.3) is 22.4 Å². The molecule has 152 valence electrons. The molecule has 0 atom stereocenters. The number of hydrogen-bond acceptors (Lipinski definition) is 2. The molecule has 1 heterocycles. The maximum atomic E-state index is 14.3. The topological polar surface area (TPSA) is 57.8 Å². The summed E-state index contributed by atoms with van der Waals surface area (Å²) in [6.45, 7) is 1.62. The number of carbonyl (C=O) groups excluding carboxylic acids is 1. The molecule has 0 bridgehead atoms. The van der Waals surface area contributed by atoms with Crippen LogP contribution in [0, 0.1) is 30.2 Å². The lowest BCUT2D eigenvalue weighted by Gasteiger charge is -2.13. The van der Waals surface area contributed by atoms with E-state index in [1.54, 1.807) is 6.92 Å². The second-order valence-electron chi connectivity index (χ2n) is 6.55. The minimum absolute atomic E-state index is 0.0856. The van der Waals surface area contributed by atoms with E-state index < -0.39 is 34.2 Å². The molecule has 1 amide bonds. The summed E-state index contributed by atoms with van der Waals surface area (Å²) < 4.78 is 54.6. The number of carbonyl (C=O) groups is 1. The molecule has 0 aliphatic heterocycles. The Balaban J connectivity index is 1.74. The third-order valence-electron chi connectivity index (χ3n) is 4.60. The molecule has 9 heteroatoms. The molecule has 1 aromatic heterocycles. The fourth-order valence-corrected chi connectivity index (χ4v) is 3.29. The van der Waals surface area contributed by atoms with Crippen molar-refractivity contribution in [3.05, 3.63) is 81.9 Å². The Kier molecular flexibility index (Phi) is 4.95. The lowest BCUT2D eigenvalue weighted by atomic mass is 10.1. The third kappa shape index (κ3) is 3.50. The first kappa shape index (κ1) is 19.9. The molecule has 0 aliphatic rings. The van der Waals surface area contributed by atoms with Crippen LogP contribution in [0.15, 0.2) is 42.5 Å². The number of halogens is 5. The second kappa shape index (κ2) is 7.46. The van der Waals surface area contributed by atoms with Gasteiger partial charge < -0.3 is 10.3 Å². The molecule has 3 aromatic carbocycles. The van der Waals surface area contributed by atoms with Gasteiger partial charge in [0.1, 0.15) is 17.5 Å². The highest BCUT2D eigenvalue weighted by Gasteiger charge is 2.20. The summed E-state index contributed by atoms with van der Waals surface area (Å²) in [5.41, 5.74) is 1.46. The van der Waals surface area contributed by atoms with Crippen molar-refractivity contribution in [2.45, 2.75) is 6.92 Å². The first-order chi connectivity index (χ1) is 14.2. The quantitative estimate of drug-likeness (QED) is 0.307. The number of nitrogens with zero attached hydrogens (tertiary/aromatic N) is 1. The Hall–Kier alpha value is -3.39. The fraction of sp³-hybridized carbons (Fsp3) is 0.0476. The van der Waals surface area contributed by atoms with Crippen LogP contribution < -0.4 is 5.32 Å². The number of aromatic nitrogens is 2. The molecule has 0 saturated heterocycles. The third-order valence-corrected chi connectivity index (χ3v) is 4.97. The van der Waals surface area contributed by atoms with E-state index >= 15 is 0 Å². The van der Waals surface area contributed by atoms with Crippen LogP contribution in [-0.2, 0) is 0 Å². The van der Waals surface area contributed by atoms with E-state index in [4.69, 9.17) is 11.6 Å². The molecule has 0 fully saturated rings. The largest absolute Gasteiger partial charge is 0.338 e. The van der Waals surface area contributed by atoms with Gasteiger partial charge in [-0.2, -0.15) is 0 Å². The first-order valence-electron chi connectivity index (χ1n) is 8.65. The van der Waals surface area contributed by atoms with Gasteiger partial charge in [-0.05, 0) is 48.9 Å². The molecule has 0 saturated carbocycles. The predicted molar refractivity (Wildman–Crippen MR) is 106 cm³/mol. The molecule has 2 N–H and O–H groups in total. The lowest BCUT2D eigenvalue weighted by Crippen LogP contribution is -2.15. The van der Waals surface area contributed by atoms with E-state index in [9.17, 15) is 22.4 Å². The summed E-state index contributed by atoms with van der Waals surface area (Å²) in [5.74, 6) is -4.25. The Bertz CT molecular complexity index is 1320. The zero-order valence-electron chi connectivity index (χ0n) is 15.3. The fourth-order valence-electron chi connectivity index (χ4n) is 3.05. The van der Waals surface area contributed by atoms with Gasteiger partial charge in [0.2, 0.25) is 0 Å². The van der Waals surface area contributed by atoms with Crippen LogP contribution >= 0.6 is 11.6 Å². The number of imidazole rings is 1. The van der Waals surface area contributed by atoms with Crippen molar-refractivity contribution in [2.24, 2.45) is 0 Å². The van der Waals surface area contributed by atoms with Gasteiger partial charge in [0.15, 0.2) is 11.6 Å². The van der Waals surface area contributed by atoms with E-state index in [0.29, 0.717) is 22.2 Å². The standard InChI is InChI=1S/C21H12ClF4N3O/c1-9-13(20-27-15-5-2-10(23)7-17(15)28-20)6-11(24)8-16(9)29-21(30)12-3-4-14(25)19(26)18(12)22/h2-8H,1H3,(H,27,28)(H,29,30). The highest BCUT2D eigenvalue weighted by molar-refractivity contribution is 6.34. The summed E-state index contributed by atoms with van der Waals surface area (Å²) in [5, 5.41) is 1.77. The number of amides is 1. The SMILES string of the molecule is Cc1c(NC(=O)c2ccc(F)c(F)c2Cl)cc(F)cc1-c1nc2cc(F)ccc2[nH]1. The van der Waals surface area contributed by atoms with E-state index in [1.165, 1.54) is 24.3 Å². The number of aromatic amines is 1. The van der Waals surface area contributed by atoms with Crippen molar-refractivity contribution in [2.75, 3.05) is 5.32 Å². The summed E-state index contributed by atoms with van der Waals surface area (Å²) in [4.78, 5) is 19.8. The van der Waals surface area contributed by atoms with Gasteiger partial charge in [0.05, 0.1) is 21.6 Å². The summed E-state index contributed by atoms with van der Waals surface area (Å²) in [6, 6.07) is 8.09. The molecule has 4 aromatic rings. The van der Waals surface area contributed by atoms with Crippen LogP contribution in [0.4, 0.5) is 23.2 Å². The number of anilines is 1. The van der Waals surface area contributed by atoms with Crippen molar-refractivity contribution in [3.63, 3.8) is 0 Å². The van der Waals surface area contributed by atoms with Crippen LogP contribution in [0.2, 0.25) is 5.02 Å². The van der Waals surface area contributed by atoms with Crippen LogP contribution in [-0.4, -0.2) is 15.9 Å². The van der Waals surface area contributed by atoms with Gasteiger partial charge in [-0.1, -0.05) is 11.6 Å². The van der Waals surface area contributed by atoms with Crippen molar-refractivity contribution in [1.29, 1.82) is 0 Å². The molecule has 0 radical (unpaired) electrons. The summed E-state index contributed by atoms with van der Waals surface area (Å²) in [6.07, 6.45) is 0. The zero-order valence-corrected chi connectivity index (χ0v) is 16.0. The number of rotatable bonds is 3. The van der Waals surface area contributed by atoms with E-state index in [0.717, 1.165) is 18.2 Å². The van der Waals surface area contributed by atoms with E-state index in [1.807, 2.05) is 0 Å². The first-order valence-corrected chi connectivity index (χ1v) is 9.03. The Morgan fingerprint density at radius 3 is 2.57 bits per heavy atom. The van der Waals surface area contributed by atoms with Crippen LogP contribution in [0.3, 0.4) is 0 Å². The van der Waals surface area contributed by atoms with Crippen molar-refractivity contribution in [1.82, 2.24) is 9.97 Å². The maximum absolute atomic E-state index is 14.3. The second-order valence-corrected chi connectivity index (χ2v) is 6.93. The molecule has 30 heavy (non-hydrogen) atoms. The molecule has 4 nitrogen and oxygen atoms in total. The number of benzene rings is 3. The molecular formula is C21H12ClF4N3O. The Labute approximate surface area is 172 Å². The average Bonchev–Trinajstić information content (AvgIpc) is 3.11. The highest BCUT2D eigenvalue weighted by atomic mass is 35.5. The summed E-state index contributed by atoms with van der Waals surface area (Å²) in [7, 11) is 0. The minimum atomic E-state index is -1.35. The predicted octanol–water partition coefficient (Wildman–Crippen LogP) is 6.00. The zero-order chi connectivity index (χ0) is 21.6. The molecule has 4 rings (SSSR count). The van der Waals surface area contributed by atoms with Gasteiger partial charge in [0, 0.05) is 17.3 Å². The Morgan fingerprint density at radius 1 is 1.03 bits per heavy atom. The van der Waals surface area contributed by atoms with Gasteiger partial charge in [-0.15, -0.1) is 0 Å². The maximum Gasteiger partial charge on any atom is 0.257 e. The van der Waals surface area contributed by atoms with Crippen molar-refractivity contribution in [3.8, 4) is 11.4 Å². The smallest absolute Gasteiger partial charge is 0.257 e. The minimum Gasteiger partial charge on any atom is -0.338 e. The average molecular weight is 434 g/mol. The van der Waals surface area contributed by atoms with Gasteiger partial charge in [-0.25, -0.2) is 22.5 Å². The van der Waals surface area contributed by atoms with Gasteiger partial charge in [0.25, 0.3) is 5.91 Å². The summed E-state index contributed by atoms with van der Waals surface area (Å²) >= 11 is 5.72. The monoisotopic (exact) mass is 433 g/mol. The van der Waals surface area contributed by atoms with E-state index in [2.05, 4.69) is 15.3 Å². The Morgan fingerprint density at radius 2 is 1.80 bits per heavy atom.